The lowest BCUT2D eigenvalue weighted by Gasteiger charge is -2.27. The average Bonchev–Trinajstić information content (AvgIpc) is 3.39. The fourth-order valence-electron chi connectivity index (χ4n) is 2.65. The summed E-state index contributed by atoms with van der Waals surface area (Å²) in [6, 6.07) is 5.44. The fourth-order valence-corrected chi connectivity index (χ4v) is 5.14. The third-order valence-electron chi connectivity index (χ3n) is 4.25. The summed E-state index contributed by atoms with van der Waals surface area (Å²) in [6.07, 6.45) is 1.65. The Morgan fingerprint density at radius 3 is 2.32 bits per heavy atom. The van der Waals surface area contributed by atoms with E-state index in [2.05, 4.69) is 19.7 Å². The zero-order valence-corrected chi connectivity index (χ0v) is 15.6. The van der Waals surface area contributed by atoms with Crippen molar-refractivity contribution in [3.63, 3.8) is 0 Å². The maximum atomic E-state index is 12.4. The highest BCUT2D eigenvalue weighted by Gasteiger charge is 2.28. The Kier molecular flexibility index (Phi) is 5.76. The molecule has 0 atom stereocenters. The highest BCUT2D eigenvalue weighted by Crippen LogP contribution is 2.23. The van der Waals surface area contributed by atoms with Gasteiger partial charge in [0, 0.05) is 45.3 Å². The van der Waals surface area contributed by atoms with E-state index >= 15 is 0 Å². The van der Waals surface area contributed by atoms with Gasteiger partial charge in [0.2, 0.25) is 20.0 Å². The Morgan fingerprint density at radius 1 is 1.04 bits per heavy atom. The summed E-state index contributed by atoms with van der Waals surface area (Å²) < 4.78 is 54.5. The van der Waals surface area contributed by atoms with Gasteiger partial charge >= 0.3 is 0 Å². The summed E-state index contributed by atoms with van der Waals surface area (Å²) in [5, 5.41) is 3.24. The van der Waals surface area contributed by atoms with Crippen molar-refractivity contribution in [2.45, 2.75) is 28.7 Å². The lowest BCUT2D eigenvalue weighted by atomic mass is 10.3. The van der Waals surface area contributed by atoms with E-state index in [-0.39, 0.29) is 15.8 Å². The van der Waals surface area contributed by atoms with Crippen molar-refractivity contribution < 1.29 is 16.8 Å². The first-order valence-corrected chi connectivity index (χ1v) is 11.4. The molecule has 2 fully saturated rings. The molecule has 2 aliphatic rings. The topological polar surface area (TPSA) is 108 Å². The molecule has 1 saturated carbocycles. The van der Waals surface area contributed by atoms with E-state index in [1.807, 2.05) is 0 Å². The number of hydrogen-bond acceptors (Lipinski definition) is 6. The van der Waals surface area contributed by atoms with Crippen LogP contribution in [-0.2, 0) is 20.0 Å². The second kappa shape index (κ2) is 7.68. The average molecular weight is 389 g/mol. The van der Waals surface area contributed by atoms with E-state index in [9.17, 15) is 16.8 Å². The van der Waals surface area contributed by atoms with Gasteiger partial charge in [0.25, 0.3) is 0 Å². The summed E-state index contributed by atoms with van der Waals surface area (Å²) in [4.78, 5) is 2.12. The number of sulfonamides is 2. The Labute approximate surface area is 149 Å². The smallest absolute Gasteiger partial charge is 0.240 e. The standard InChI is InChI=1S/C15H24N4O4S2/c20-24(21,17-8-11-19-9-6-16-7-10-19)14-2-1-3-15(12-14)25(22,23)18-13-4-5-13/h1-3,12-13,16-18H,4-11H2. The van der Waals surface area contributed by atoms with Gasteiger partial charge in [-0.15, -0.1) is 0 Å². The van der Waals surface area contributed by atoms with Crippen molar-refractivity contribution in [3.05, 3.63) is 24.3 Å². The van der Waals surface area contributed by atoms with E-state index in [1.165, 1.54) is 24.3 Å². The van der Waals surface area contributed by atoms with Crippen LogP contribution in [0.15, 0.2) is 34.1 Å². The minimum absolute atomic E-state index is 0.0237. The molecule has 0 spiro atoms. The summed E-state index contributed by atoms with van der Waals surface area (Å²) in [7, 11) is -7.42. The fraction of sp³-hybridized carbons (Fsp3) is 0.600. The van der Waals surface area contributed by atoms with Gasteiger partial charge in [-0.1, -0.05) is 6.07 Å². The molecule has 25 heavy (non-hydrogen) atoms. The van der Waals surface area contributed by atoms with Gasteiger partial charge in [0.1, 0.15) is 0 Å². The van der Waals surface area contributed by atoms with Crippen molar-refractivity contribution >= 4 is 20.0 Å². The van der Waals surface area contributed by atoms with Crippen LogP contribution < -0.4 is 14.8 Å². The van der Waals surface area contributed by atoms with Gasteiger partial charge in [-0.3, -0.25) is 4.90 Å². The Morgan fingerprint density at radius 2 is 1.68 bits per heavy atom. The zero-order valence-electron chi connectivity index (χ0n) is 13.9. The van der Waals surface area contributed by atoms with E-state index in [0.717, 1.165) is 39.0 Å². The van der Waals surface area contributed by atoms with Crippen LogP contribution in [0.1, 0.15) is 12.8 Å². The van der Waals surface area contributed by atoms with E-state index in [1.54, 1.807) is 0 Å². The van der Waals surface area contributed by atoms with Crippen LogP contribution in [0.25, 0.3) is 0 Å². The highest BCUT2D eigenvalue weighted by molar-refractivity contribution is 7.90. The minimum Gasteiger partial charge on any atom is -0.314 e. The molecular formula is C15H24N4O4S2. The van der Waals surface area contributed by atoms with Crippen LogP contribution in [0.5, 0.6) is 0 Å². The van der Waals surface area contributed by atoms with Gasteiger partial charge in [-0.2, -0.15) is 0 Å². The first-order valence-electron chi connectivity index (χ1n) is 8.42. The summed E-state index contributed by atoms with van der Waals surface area (Å²) in [6.45, 7) is 4.51. The van der Waals surface area contributed by atoms with Gasteiger partial charge in [-0.25, -0.2) is 26.3 Å². The number of nitrogens with one attached hydrogen (secondary N) is 3. The van der Waals surface area contributed by atoms with Crippen LogP contribution >= 0.6 is 0 Å². The van der Waals surface area contributed by atoms with E-state index in [4.69, 9.17) is 0 Å². The third kappa shape index (κ3) is 5.22. The molecule has 140 valence electrons. The molecular weight excluding hydrogens is 364 g/mol. The van der Waals surface area contributed by atoms with Crippen molar-refractivity contribution in [1.29, 1.82) is 0 Å². The Balaban J connectivity index is 1.64. The molecule has 10 heteroatoms. The van der Waals surface area contributed by atoms with Gasteiger partial charge in [0.05, 0.1) is 9.79 Å². The van der Waals surface area contributed by atoms with Gasteiger partial charge in [0.15, 0.2) is 0 Å². The molecule has 0 bridgehead atoms. The molecule has 0 radical (unpaired) electrons. The number of rotatable bonds is 8. The summed E-state index contributed by atoms with van der Waals surface area (Å²) in [5.74, 6) is 0. The molecule has 1 aromatic carbocycles. The van der Waals surface area contributed by atoms with Crippen LogP contribution in [0.3, 0.4) is 0 Å². The monoisotopic (exact) mass is 388 g/mol. The second-order valence-corrected chi connectivity index (χ2v) is 9.84. The maximum absolute atomic E-state index is 12.4. The molecule has 1 saturated heterocycles. The first kappa shape index (κ1) is 18.7. The summed E-state index contributed by atoms with van der Waals surface area (Å²) >= 11 is 0. The molecule has 1 aromatic rings. The van der Waals surface area contributed by atoms with Crippen LogP contribution in [0.2, 0.25) is 0 Å². The van der Waals surface area contributed by atoms with E-state index < -0.39 is 20.0 Å². The normalized spacial score (nSPS) is 19.8. The van der Waals surface area contributed by atoms with Gasteiger partial charge < -0.3 is 5.32 Å². The number of hydrogen-bond donors (Lipinski definition) is 3. The quantitative estimate of drug-likeness (QED) is 0.544. The molecule has 3 N–H and O–H groups in total. The maximum Gasteiger partial charge on any atom is 0.240 e. The zero-order chi connectivity index (χ0) is 17.9. The minimum atomic E-state index is -3.74. The highest BCUT2D eigenvalue weighted by atomic mass is 32.2. The summed E-state index contributed by atoms with van der Waals surface area (Å²) in [5.41, 5.74) is 0. The van der Waals surface area contributed by atoms with Crippen molar-refractivity contribution in [2.24, 2.45) is 0 Å². The third-order valence-corrected chi connectivity index (χ3v) is 7.23. The Hall–Kier alpha value is -1.04. The Bertz CT molecular complexity index is 801. The molecule has 0 amide bonds. The van der Waals surface area contributed by atoms with Crippen molar-refractivity contribution in [2.75, 3.05) is 39.3 Å². The molecule has 8 nitrogen and oxygen atoms in total. The number of nitrogens with zero attached hydrogens (tertiary/aromatic N) is 1. The lowest BCUT2D eigenvalue weighted by molar-refractivity contribution is 0.245. The van der Waals surface area contributed by atoms with Crippen LogP contribution in [0, 0.1) is 0 Å². The largest absolute Gasteiger partial charge is 0.314 e. The predicted molar refractivity (Wildman–Crippen MR) is 94.3 cm³/mol. The van der Waals surface area contributed by atoms with Crippen molar-refractivity contribution in [1.82, 2.24) is 19.7 Å². The van der Waals surface area contributed by atoms with Gasteiger partial charge in [-0.05, 0) is 31.0 Å². The van der Waals surface area contributed by atoms with Crippen LogP contribution in [0.4, 0.5) is 0 Å². The van der Waals surface area contributed by atoms with Crippen LogP contribution in [-0.4, -0.2) is 67.0 Å². The molecule has 1 heterocycles. The number of benzene rings is 1. The molecule has 3 rings (SSSR count). The number of piperazine rings is 1. The first-order chi connectivity index (χ1) is 11.9. The SMILES string of the molecule is O=S(=O)(NCCN1CCNCC1)c1cccc(S(=O)(=O)NC2CC2)c1. The lowest BCUT2D eigenvalue weighted by Crippen LogP contribution is -2.46. The van der Waals surface area contributed by atoms with E-state index in [0.29, 0.717) is 13.1 Å². The molecule has 1 aliphatic heterocycles. The predicted octanol–water partition coefficient (Wildman–Crippen LogP) is -0.689. The van der Waals surface area contributed by atoms with Crippen molar-refractivity contribution in [3.8, 4) is 0 Å². The molecule has 1 aliphatic carbocycles. The molecule has 0 aromatic heterocycles. The second-order valence-electron chi connectivity index (χ2n) is 6.36. The molecule has 0 unspecified atom stereocenters.